The van der Waals surface area contributed by atoms with Gasteiger partial charge in [0.25, 0.3) is 23.6 Å². The van der Waals surface area contributed by atoms with Crippen LogP contribution in [0.3, 0.4) is 0 Å². The molecule has 210 valence electrons. The van der Waals surface area contributed by atoms with Gasteiger partial charge in [-0.2, -0.15) is 0 Å². The maximum absolute atomic E-state index is 13.6. The van der Waals surface area contributed by atoms with Crippen LogP contribution >= 0.6 is 11.6 Å². The molecule has 5 amide bonds. The summed E-state index contributed by atoms with van der Waals surface area (Å²) in [6.45, 7) is 0.140. The first-order chi connectivity index (χ1) is 19.0. The van der Waals surface area contributed by atoms with E-state index < -0.39 is 23.6 Å². The van der Waals surface area contributed by atoms with Gasteiger partial charge in [-0.15, -0.1) is 0 Å². The summed E-state index contributed by atoms with van der Waals surface area (Å²) in [6, 6.07) is 4.25. The van der Waals surface area contributed by atoms with Crippen LogP contribution in [-0.2, 0) is 30.7 Å². The third-order valence-electron chi connectivity index (χ3n) is 5.74. The fraction of sp³-hybridized carbons (Fsp3) is 0.200. The van der Waals surface area contributed by atoms with E-state index in [2.05, 4.69) is 16.0 Å². The fourth-order valence-corrected chi connectivity index (χ4v) is 3.97. The highest BCUT2D eigenvalue weighted by Crippen LogP contribution is 2.24. The highest BCUT2D eigenvalue weighted by molar-refractivity contribution is 6.30. The Morgan fingerprint density at radius 3 is 2.20 bits per heavy atom. The van der Waals surface area contributed by atoms with Crippen LogP contribution < -0.4 is 26.6 Å². The van der Waals surface area contributed by atoms with Crippen molar-refractivity contribution < 1.29 is 24.0 Å². The summed E-state index contributed by atoms with van der Waals surface area (Å²) in [4.78, 5) is 63.5. The molecule has 0 bridgehead atoms. The number of carbonyl (C=O) groups is 5. The van der Waals surface area contributed by atoms with Crippen LogP contribution in [0, 0.1) is 5.41 Å². The average Bonchev–Trinajstić information content (AvgIpc) is 3.55. The summed E-state index contributed by atoms with van der Waals surface area (Å²) >= 11 is 5.62. The van der Waals surface area contributed by atoms with E-state index in [1.54, 1.807) is 27.3 Å². The molecule has 3 heterocycles. The number of hydrogen-bond acceptors (Lipinski definition) is 6. The van der Waals surface area contributed by atoms with Crippen LogP contribution in [0.5, 0.6) is 0 Å². The summed E-state index contributed by atoms with van der Waals surface area (Å²) in [7, 11) is 4.77. The Balaban J connectivity index is 1.88. The number of aromatic nitrogens is 3. The Labute approximate surface area is 233 Å². The number of hydrogen-bond donors (Lipinski definition) is 5. The minimum absolute atomic E-state index is 0.0538. The molecule has 0 radical (unpaired) electrons. The van der Waals surface area contributed by atoms with E-state index in [9.17, 15) is 24.0 Å². The lowest BCUT2D eigenvalue weighted by molar-refractivity contribution is -0.113. The number of aryl methyl sites for hydroxylation is 3. The van der Waals surface area contributed by atoms with E-state index >= 15 is 0 Å². The topological polar surface area (TPSA) is 189 Å². The average molecular weight is 570 g/mol. The number of nitrogens with two attached hydrogens (primary N) is 1. The van der Waals surface area contributed by atoms with Gasteiger partial charge in [-0.25, -0.2) is 4.90 Å². The second-order valence-electron chi connectivity index (χ2n) is 8.66. The summed E-state index contributed by atoms with van der Waals surface area (Å²) in [5.41, 5.74) is 7.56. The molecule has 0 saturated carbocycles. The number of rotatable bonds is 11. The Morgan fingerprint density at radius 2 is 1.55 bits per heavy atom. The van der Waals surface area contributed by atoms with Gasteiger partial charge in [0.1, 0.15) is 17.1 Å². The fourth-order valence-electron chi connectivity index (χ4n) is 3.86. The van der Waals surface area contributed by atoms with Gasteiger partial charge in [0.15, 0.2) is 0 Å². The number of nitrogens with zero attached hydrogens (tertiary/aromatic N) is 4. The standard InChI is InChI=1S/C25H28ClN9O5/c1-32-11-15(30-14-36)8-18(32)24(39)31-16-9-20(33(2)12-16)25(40)35(22(37)4-6-26)17-10-19(34(3)13-17)23(38)29-7-5-21(27)28/h4,6,8-14H,5,7H2,1-3H3,(H3,27,28)(H,29,38)(H,30,36)(H,31,39)/b6-4-. The Bertz CT molecular complexity index is 1510. The van der Waals surface area contributed by atoms with Gasteiger partial charge < -0.3 is 35.4 Å². The number of amides is 5. The van der Waals surface area contributed by atoms with Crippen LogP contribution in [-0.4, -0.2) is 56.1 Å². The van der Waals surface area contributed by atoms with Crippen molar-refractivity contribution in [3.63, 3.8) is 0 Å². The monoisotopic (exact) mass is 569 g/mol. The summed E-state index contributed by atoms with van der Waals surface area (Å²) in [5.74, 6) is -2.57. The van der Waals surface area contributed by atoms with Crippen LogP contribution in [0.25, 0.3) is 0 Å². The van der Waals surface area contributed by atoms with Gasteiger partial charge >= 0.3 is 0 Å². The maximum atomic E-state index is 13.6. The van der Waals surface area contributed by atoms with E-state index in [1.807, 2.05) is 0 Å². The SMILES string of the molecule is Cn1cc(N(C(=O)/C=C\Cl)C(=O)c2cc(NC(=O)c3cc(NC=O)cn3C)cn2C)cc1C(=O)NCCC(=N)N. The summed E-state index contributed by atoms with van der Waals surface area (Å²) < 4.78 is 4.41. The van der Waals surface area contributed by atoms with Crippen molar-refractivity contribution in [2.45, 2.75) is 6.42 Å². The minimum Gasteiger partial charge on any atom is -0.388 e. The number of amidine groups is 1. The predicted octanol–water partition coefficient (Wildman–Crippen LogP) is 1.50. The van der Waals surface area contributed by atoms with E-state index in [-0.39, 0.29) is 47.3 Å². The van der Waals surface area contributed by atoms with E-state index in [0.717, 1.165) is 16.5 Å². The Kier molecular flexibility index (Phi) is 9.29. The third-order valence-corrected chi connectivity index (χ3v) is 5.86. The van der Waals surface area contributed by atoms with Gasteiger partial charge in [-0.3, -0.25) is 29.4 Å². The quantitative estimate of drug-likeness (QED) is 0.101. The van der Waals surface area contributed by atoms with Crippen LogP contribution in [0.1, 0.15) is 37.9 Å². The Morgan fingerprint density at radius 1 is 0.950 bits per heavy atom. The van der Waals surface area contributed by atoms with E-state index in [0.29, 0.717) is 12.1 Å². The zero-order valence-electron chi connectivity index (χ0n) is 21.9. The number of halogens is 1. The zero-order valence-corrected chi connectivity index (χ0v) is 22.7. The normalized spacial score (nSPS) is 10.8. The van der Waals surface area contributed by atoms with Crippen molar-refractivity contribution in [1.29, 1.82) is 5.41 Å². The molecule has 0 aliphatic rings. The van der Waals surface area contributed by atoms with Gasteiger partial charge in [0.2, 0.25) is 6.41 Å². The molecule has 3 aromatic rings. The largest absolute Gasteiger partial charge is 0.388 e. The van der Waals surface area contributed by atoms with Crippen molar-refractivity contribution in [1.82, 2.24) is 19.0 Å². The maximum Gasteiger partial charge on any atom is 0.282 e. The second kappa shape index (κ2) is 12.6. The van der Waals surface area contributed by atoms with Crippen LogP contribution in [0.4, 0.5) is 17.1 Å². The van der Waals surface area contributed by atoms with Crippen molar-refractivity contribution >= 4 is 64.5 Å². The number of anilines is 3. The summed E-state index contributed by atoms with van der Waals surface area (Å²) in [6.07, 6.45) is 6.15. The first-order valence-corrected chi connectivity index (χ1v) is 12.2. The molecule has 15 heteroatoms. The lowest BCUT2D eigenvalue weighted by atomic mass is 10.2. The predicted molar refractivity (Wildman–Crippen MR) is 150 cm³/mol. The lowest BCUT2D eigenvalue weighted by Crippen LogP contribution is -2.36. The molecule has 0 spiro atoms. The molecular formula is C25H28ClN9O5. The number of carbonyl (C=O) groups excluding carboxylic acids is 5. The van der Waals surface area contributed by atoms with Gasteiger partial charge in [0, 0.05) is 64.3 Å². The molecule has 0 aliphatic carbocycles. The van der Waals surface area contributed by atoms with Crippen molar-refractivity contribution in [2.24, 2.45) is 26.9 Å². The van der Waals surface area contributed by atoms with E-state index in [1.165, 1.54) is 44.3 Å². The molecule has 0 unspecified atom stereocenters. The number of nitrogens with one attached hydrogen (secondary N) is 4. The van der Waals surface area contributed by atoms with Crippen molar-refractivity contribution in [3.8, 4) is 0 Å². The molecule has 0 saturated heterocycles. The van der Waals surface area contributed by atoms with Gasteiger partial charge in [-0.05, 0) is 18.2 Å². The van der Waals surface area contributed by atoms with Crippen LogP contribution in [0.15, 0.2) is 48.4 Å². The second-order valence-corrected chi connectivity index (χ2v) is 8.92. The van der Waals surface area contributed by atoms with E-state index in [4.69, 9.17) is 22.7 Å². The Hall–Kier alpha value is -5.11. The number of imide groups is 1. The molecule has 0 aromatic carbocycles. The molecule has 3 aromatic heterocycles. The van der Waals surface area contributed by atoms with Crippen molar-refractivity contribution in [2.75, 3.05) is 22.1 Å². The van der Waals surface area contributed by atoms with Gasteiger partial charge in [0.05, 0.1) is 22.9 Å². The zero-order chi connectivity index (χ0) is 29.6. The molecular weight excluding hydrogens is 542 g/mol. The first-order valence-electron chi connectivity index (χ1n) is 11.7. The molecule has 0 atom stereocenters. The molecule has 0 aliphatic heterocycles. The molecule has 40 heavy (non-hydrogen) atoms. The molecule has 14 nitrogen and oxygen atoms in total. The molecule has 0 fully saturated rings. The van der Waals surface area contributed by atoms with Crippen molar-refractivity contribution in [3.05, 3.63) is 65.5 Å². The first kappa shape index (κ1) is 29.4. The lowest BCUT2D eigenvalue weighted by Gasteiger charge is -2.18. The summed E-state index contributed by atoms with van der Waals surface area (Å²) in [5, 5.41) is 15.1. The highest BCUT2D eigenvalue weighted by Gasteiger charge is 2.28. The highest BCUT2D eigenvalue weighted by atomic mass is 35.5. The molecule has 3 rings (SSSR count). The third kappa shape index (κ3) is 6.66. The minimum atomic E-state index is -0.764. The van der Waals surface area contributed by atoms with Gasteiger partial charge in [-0.1, -0.05) is 11.6 Å². The molecule has 6 N–H and O–H groups in total. The van der Waals surface area contributed by atoms with Crippen LogP contribution in [0.2, 0.25) is 0 Å². The smallest absolute Gasteiger partial charge is 0.282 e.